The second-order valence-corrected chi connectivity index (χ2v) is 9.95. The summed E-state index contributed by atoms with van der Waals surface area (Å²) in [6.07, 6.45) is -0.339. The lowest BCUT2D eigenvalue weighted by molar-refractivity contribution is -0.127. The summed E-state index contributed by atoms with van der Waals surface area (Å²) >= 11 is 0. The van der Waals surface area contributed by atoms with E-state index in [2.05, 4.69) is 5.32 Å². The summed E-state index contributed by atoms with van der Waals surface area (Å²) in [6.45, 7) is 0.216. The van der Waals surface area contributed by atoms with Gasteiger partial charge in [-0.1, -0.05) is 30.3 Å². The fourth-order valence-corrected chi connectivity index (χ4v) is 5.82. The number of benzene rings is 2. The van der Waals surface area contributed by atoms with Crippen LogP contribution in [0.2, 0.25) is 0 Å². The lowest BCUT2D eigenvalue weighted by atomic mass is 10.1. The Labute approximate surface area is 181 Å². The van der Waals surface area contributed by atoms with Gasteiger partial charge in [-0.3, -0.25) is 9.59 Å². The number of fused-ring (bicyclic) bond motifs is 1. The fourth-order valence-electron chi connectivity index (χ4n) is 4.12. The van der Waals surface area contributed by atoms with E-state index in [-0.39, 0.29) is 36.4 Å². The molecular formula is C22H25N3O5S. The largest absolute Gasteiger partial charge is 0.477 e. The van der Waals surface area contributed by atoms with E-state index in [0.717, 1.165) is 5.69 Å². The highest BCUT2D eigenvalue weighted by Crippen LogP contribution is 2.33. The maximum absolute atomic E-state index is 13.5. The molecule has 2 amide bonds. The van der Waals surface area contributed by atoms with Gasteiger partial charge in [-0.15, -0.1) is 0 Å². The van der Waals surface area contributed by atoms with Gasteiger partial charge >= 0.3 is 0 Å². The molecule has 164 valence electrons. The predicted molar refractivity (Wildman–Crippen MR) is 118 cm³/mol. The number of likely N-dealkylation sites (N-methyl/N-ethyl adjacent to an activating group) is 1. The second-order valence-electron chi connectivity index (χ2n) is 7.73. The number of ether oxygens (including phenoxy) is 1. The number of para-hydroxylation sites is 3. The summed E-state index contributed by atoms with van der Waals surface area (Å²) in [5.74, 6) is 0.0704. The molecule has 0 aromatic heterocycles. The van der Waals surface area contributed by atoms with Gasteiger partial charge in [-0.25, -0.2) is 8.42 Å². The van der Waals surface area contributed by atoms with E-state index in [4.69, 9.17) is 4.74 Å². The minimum absolute atomic E-state index is 0.000685. The van der Waals surface area contributed by atoms with Crippen molar-refractivity contribution in [3.63, 3.8) is 0 Å². The highest BCUT2D eigenvalue weighted by Gasteiger charge is 2.37. The Kier molecular flexibility index (Phi) is 5.86. The van der Waals surface area contributed by atoms with Gasteiger partial charge in [0.15, 0.2) is 15.9 Å². The van der Waals surface area contributed by atoms with Crippen molar-refractivity contribution in [3.05, 3.63) is 54.6 Å². The minimum atomic E-state index is -3.17. The Bertz CT molecular complexity index is 1070. The number of carbonyl (C=O) groups is 2. The number of anilines is 2. The topological polar surface area (TPSA) is 96.0 Å². The maximum Gasteiger partial charge on any atom is 0.262 e. The molecule has 2 aromatic rings. The van der Waals surface area contributed by atoms with Crippen molar-refractivity contribution >= 4 is 33.0 Å². The van der Waals surface area contributed by atoms with Crippen molar-refractivity contribution in [1.29, 1.82) is 0 Å². The molecule has 31 heavy (non-hydrogen) atoms. The highest BCUT2D eigenvalue weighted by molar-refractivity contribution is 7.91. The molecule has 1 fully saturated rings. The van der Waals surface area contributed by atoms with Gasteiger partial charge in [0.1, 0.15) is 5.75 Å². The van der Waals surface area contributed by atoms with Crippen molar-refractivity contribution < 1.29 is 22.7 Å². The Hall–Kier alpha value is -3.07. The van der Waals surface area contributed by atoms with Crippen molar-refractivity contribution in [2.24, 2.45) is 0 Å². The molecule has 0 aliphatic carbocycles. The zero-order valence-corrected chi connectivity index (χ0v) is 18.0. The van der Waals surface area contributed by atoms with Crippen molar-refractivity contribution in [3.8, 4) is 5.75 Å². The van der Waals surface area contributed by atoms with Crippen LogP contribution < -0.4 is 19.9 Å². The van der Waals surface area contributed by atoms with Crippen LogP contribution in [0.5, 0.6) is 5.75 Å². The predicted octanol–water partition coefficient (Wildman–Crippen LogP) is 1.22. The molecule has 2 aromatic carbocycles. The van der Waals surface area contributed by atoms with E-state index < -0.39 is 22.0 Å². The monoisotopic (exact) mass is 443 g/mol. The van der Waals surface area contributed by atoms with Gasteiger partial charge in [0.2, 0.25) is 5.91 Å². The smallest absolute Gasteiger partial charge is 0.262 e. The van der Waals surface area contributed by atoms with Crippen LogP contribution in [0.1, 0.15) is 6.42 Å². The highest BCUT2D eigenvalue weighted by atomic mass is 32.2. The molecule has 0 saturated carbocycles. The van der Waals surface area contributed by atoms with E-state index in [1.54, 1.807) is 18.0 Å². The normalized spacial score (nSPS) is 21.6. The van der Waals surface area contributed by atoms with Gasteiger partial charge in [-0.2, -0.15) is 0 Å². The fraction of sp³-hybridized carbons (Fsp3) is 0.364. The second kappa shape index (κ2) is 8.58. The summed E-state index contributed by atoms with van der Waals surface area (Å²) in [7, 11) is -1.63. The van der Waals surface area contributed by atoms with Gasteiger partial charge in [-0.05, 0) is 30.7 Å². The molecule has 8 nitrogen and oxygen atoms in total. The first-order valence-corrected chi connectivity index (χ1v) is 12.0. The average molecular weight is 444 g/mol. The summed E-state index contributed by atoms with van der Waals surface area (Å²) in [5, 5.41) is 2.59. The standard InChI is InChI=1S/C22H25N3O5S/c1-23-22(27)20-13-24(18-9-5-6-10-19(18)30-20)14-21(26)25(16-7-3-2-4-8-16)17-11-12-31(28,29)15-17/h2-10,17,20H,11-15H2,1H3,(H,23,27)/t17-,20+/m0/s1. The van der Waals surface area contributed by atoms with Crippen LogP contribution in [0.4, 0.5) is 11.4 Å². The van der Waals surface area contributed by atoms with Gasteiger partial charge in [0.25, 0.3) is 5.91 Å². The van der Waals surface area contributed by atoms with Crippen LogP contribution in [-0.4, -0.2) is 64.0 Å². The summed E-state index contributed by atoms with van der Waals surface area (Å²) < 4.78 is 30.0. The summed E-state index contributed by atoms with van der Waals surface area (Å²) in [4.78, 5) is 29.1. The Balaban J connectivity index is 1.63. The van der Waals surface area contributed by atoms with Crippen molar-refractivity contribution in [2.75, 3.05) is 41.4 Å². The van der Waals surface area contributed by atoms with Crippen LogP contribution in [0, 0.1) is 0 Å². The first kappa shape index (κ1) is 21.2. The first-order valence-electron chi connectivity index (χ1n) is 10.2. The average Bonchev–Trinajstić information content (AvgIpc) is 3.13. The zero-order chi connectivity index (χ0) is 22.0. The number of nitrogens with zero attached hydrogens (tertiary/aromatic N) is 2. The molecule has 2 aliphatic rings. The van der Waals surface area contributed by atoms with E-state index in [0.29, 0.717) is 17.9 Å². The third-order valence-electron chi connectivity index (χ3n) is 5.60. The summed E-state index contributed by atoms with van der Waals surface area (Å²) in [5.41, 5.74) is 1.39. The lowest BCUT2D eigenvalue weighted by Crippen LogP contribution is -2.52. The van der Waals surface area contributed by atoms with Gasteiger partial charge < -0.3 is 19.9 Å². The van der Waals surface area contributed by atoms with Crippen LogP contribution >= 0.6 is 0 Å². The molecule has 2 atom stereocenters. The molecule has 2 aliphatic heterocycles. The quantitative estimate of drug-likeness (QED) is 0.747. The molecule has 0 unspecified atom stereocenters. The molecular weight excluding hydrogens is 418 g/mol. The number of sulfone groups is 1. The van der Waals surface area contributed by atoms with E-state index >= 15 is 0 Å². The van der Waals surface area contributed by atoms with Crippen LogP contribution in [0.15, 0.2) is 54.6 Å². The van der Waals surface area contributed by atoms with Crippen molar-refractivity contribution in [2.45, 2.75) is 18.6 Å². The van der Waals surface area contributed by atoms with Crippen LogP contribution in [0.3, 0.4) is 0 Å². The molecule has 4 rings (SSSR count). The van der Waals surface area contributed by atoms with Crippen molar-refractivity contribution in [1.82, 2.24) is 5.32 Å². The number of hydrogen-bond donors (Lipinski definition) is 1. The third kappa shape index (κ3) is 4.51. The van der Waals surface area contributed by atoms with Crippen LogP contribution in [-0.2, 0) is 19.4 Å². The van der Waals surface area contributed by atoms with E-state index in [1.165, 1.54) is 0 Å². The molecule has 0 bridgehead atoms. The zero-order valence-electron chi connectivity index (χ0n) is 17.2. The number of carbonyl (C=O) groups excluding carboxylic acids is 2. The lowest BCUT2D eigenvalue weighted by Gasteiger charge is -2.37. The number of amides is 2. The Morgan fingerprint density at radius 1 is 1.13 bits per heavy atom. The molecule has 9 heteroatoms. The molecule has 1 saturated heterocycles. The van der Waals surface area contributed by atoms with Gasteiger partial charge in [0.05, 0.1) is 36.3 Å². The third-order valence-corrected chi connectivity index (χ3v) is 7.35. The minimum Gasteiger partial charge on any atom is -0.477 e. The van der Waals surface area contributed by atoms with Crippen LogP contribution in [0.25, 0.3) is 0 Å². The molecule has 0 spiro atoms. The number of nitrogens with one attached hydrogen (secondary N) is 1. The van der Waals surface area contributed by atoms with E-state index in [9.17, 15) is 18.0 Å². The molecule has 1 N–H and O–H groups in total. The molecule has 2 heterocycles. The molecule has 0 radical (unpaired) electrons. The maximum atomic E-state index is 13.5. The first-order chi connectivity index (χ1) is 14.9. The van der Waals surface area contributed by atoms with Gasteiger partial charge in [0, 0.05) is 12.7 Å². The number of rotatable bonds is 5. The Morgan fingerprint density at radius 3 is 2.52 bits per heavy atom. The van der Waals surface area contributed by atoms with E-state index in [1.807, 2.05) is 53.4 Å². The number of hydrogen-bond acceptors (Lipinski definition) is 6. The SMILES string of the molecule is CNC(=O)[C@H]1CN(CC(=O)N(c2ccccc2)[C@H]2CCS(=O)(=O)C2)c2ccccc2O1. The summed E-state index contributed by atoms with van der Waals surface area (Å²) in [6, 6.07) is 16.0. The Morgan fingerprint density at radius 2 is 1.84 bits per heavy atom.